The van der Waals surface area contributed by atoms with Crippen LogP contribution in [-0.4, -0.2) is 54.8 Å². The van der Waals surface area contributed by atoms with E-state index in [0.717, 1.165) is 28.1 Å². The lowest BCUT2D eigenvalue weighted by Crippen LogP contribution is -2.51. The molecule has 0 saturated carbocycles. The summed E-state index contributed by atoms with van der Waals surface area (Å²) in [7, 11) is -3.67. The number of hydrogen-bond donors (Lipinski definition) is 1. The van der Waals surface area contributed by atoms with E-state index in [0.29, 0.717) is 17.5 Å². The van der Waals surface area contributed by atoms with Crippen LogP contribution < -0.4 is 5.32 Å². The van der Waals surface area contributed by atoms with E-state index in [-0.39, 0.29) is 25.5 Å². The van der Waals surface area contributed by atoms with Crippen molar-refractivity contribution in [3.63, 3.8) is 0 Å². The number of amides is 2. The molecule has 0 saturated heterocycles. The minimum atomic E-state index is -3.67. The molecule has 2 aromatic rings. The molecule has 7 nitrogen and oxygen atoms in total. The van der Waals surface area contributed by atoms with Crippen LogP contribution in [-0.2, 0) is 32.7 Å². The second-order valence-electron chi connectivity index (χ2n) is 8.81. The monoisotopic (exact) mass is 507 g/mol. The zero-order valence-electron chi connectivity index (χ0n) is 20.2. The second-order valence-corrected chi connectivity index (χ2v) is 11.2. The van der Waals surface area contributed by atoms with Gasteiger partial charge < -0.3 is 10.2 Å². The lowest BCUT2D eigenvalue weighted by atomic mass is 10.1. The van der Waals surface area contributed by atoms with Crippen molar-refractivity contribution in [1.29, 1.82) is 0 Å². The van der Waals surface area contributed by atoms with Crippen molar-refractivity contribution in [2.45, 2.75) is 46.3 Å². The molecule has 1 atom stereocenters. The Morgan fingerprint density at radius 3 is 2.09 bits per heavy atom. The Bertz CT molecular complexity index is 1040. The number of sulfonamides is 1. The lowest BCUT2D eigenvalue weighted by Gasteiger charge is -2.31. The standard InChI is InChI=1S/C25H34ClN3O4S/c1-19(2)14-15-27-25(31)20(3)29(17-22-10-12-23(26)13-11-22)24(30)18-28(34(4,32)33)16-21-8-6-5-7-9-21/h5-13,19-20H,14-18H2,1-4H3,(H,27,31). The fourth-order valence-corrected chi connectivity index (χ4v) is 4.17. The normalized spacial score (nSPS) is 12.6. The summed E-state index contributed by atoms with van der Waals surface area (Å²) in [5.74, 6) is -0.302. The first-order valence-electron chi connectivity index (χ1n) is 11.3. The lowest BCUT2D eigenvalue weighted by molar-refractivity contribution is -0.140. The van der Waals surface area contributed by atoms with E-state index in [9.17, 15) is 18.0 Å². The molecule has 0 aliphatic carbocycles. The minimum absolute atomic E-state index is 0.0646. The van der Waals surface area contributed by atoms with E-state index in [1.54, 1.807) is 43.3 Å². The molecule has 0 bridgehead atoms. The highest BCUT2D eigenvalue weighted by atomic mass is 35.5. The molecule has 0 aliphatic rings. The number of rotatable bonds is 12. The highest BCUT2D eigenvalue weighted by Crippen LogP contribution is 2.16. The van der Waals surface area contributed by atoms with Crippen LogP contribution in [0.1, 0.15) is 38.3 Å². The van der Waals surface area contributed by atoms with E-state index in [4.69, 9.17) is 11.6 Å². The summed E-state index contributed by atoms with van der Waals surface area (Å²) < 4.78 is 26.0. The summed E-state index contributed by atoms with van der Waals surface area (Å²) in [6, 6.07) is 15.3. The molecule has 0 fully saturated rings. The predicted molar refractivity (Wildman–Crippen MR) is 136 cm³/mol. The van der Waals surface area contributed by atoms with Gasteiger partial charge in [0.05, 0.1) is 12.8 Å². The maximum absolute atomic E-state index is 13.4. The van der Waals surface area contributed by atoms with Crippen molar-refractivity contribution in [3.8, 4) is 0 Å². The summed E-state index contributed by atoms with van der Waals surface area (Å²) in [5, 5.41) is 3.44. The van der Waals surface area contributed by atoms with Gasteiger partial charge in [-0.3, -0.25) is 9.59 Å². The summed E-state index contributed by atoms with van der Waals surface area (Å²) in [6.07, 6.45) is 1.90. The summed E-state index contributed by atoms with van der Waals surface area (Å²) in [4.78, 5) is 27.6. The van der Waals surface area contributed by atoms with Gasteiger partial charge in [-0.15, -0.1) is 0 Å². The van der Waals surface area contributed by atoms with Crippen molar-refractivity contribution in [1.82, 2.24) is 14.5 Å². The quantitative estimate of drug-likeness (QED) is 0.474. The van der Waals surface area contributed by atoms with Gasteiger partial charge in [-0.05, 0) is 42.5 Å². The van der Waals surface area contributed by atoms with Gasteiger partial charge in [0.1, 0.15) is 6.04 Å². The molecule has 186 valence electrons. The van der Waals surface area contributed by atoms with Gasteiger partial charge in [0.15, 0.2) is 0 Å². The fraction of sp³-hybridized carbons (Fsp3) is 0.440. The molecule has 2 aromatic carbocycles. The average Bonchev–Trinajstić information content (AvgIpc) is 2.77. The van der Waals surface area contributed by atoms with Crippen molar-refractivity contribution < 1.29 is 18.0 Å². The van der Waals surface area contributed by atoms with E-state index in [1.807, 2.05) is 18.2 Å². The number of carbonyl (C=O) groups is 2. The zero-order valence-corrected chi connectivity index (χ0v) is 21.8. The van der Waals surface area contributed by atoms with Crippen LogP contribution in [0.15, 0.2) is 54.6 Å². The van der Waals surface area contributed by atoms with Gasteiger partial charge >= 0.3 is 0 Å². The number of nitrogens with zero attached hydrogens (tertiary/aromatic N) is 2. The first kappa shape index (κ1) is 27.8. The van der Waals surface area contributed by atoms with Gasteiger partial charge in [0, 0.05) is 24.7 Å². The maximum atomic E-state index is 13.4. The van der Waals surface area contributed by atoms with Gasteiger partial charge in [0.25, 0.3) is 0 Å². The van der Waals surface area contributed by atoms with Gasteiger partial charge in [-0.2, -0.15) is 4.31 Å². The number of benzene rings is 2. The molecule has 34 heavy (non-hydrogen) atoms. The van der Waals surface area contributed by atoms with Crippen LogP contribution in [0.4, 0.5) is 0 Å². The van der Waals surface area contributed by atoms with Crippen LogP contribution in [0.5, 0.6) is 0 Å². The third-order valence-corrected chi connectivity index (χ3v) is 6.88. The summed E-state index contributed by atoms with van der Waals surface area (Å²) in [6.45, 7) is 6.14. The molecule has 2 rings (SSSR count). The molecule has 9 heteroatoms. The van der Waals surface area contributed by atoms with E-state index < -0.39 is 22.0 Å². The molecule has 0 radical (unpaired) electrons. The molecule has 1 unspecified atom stereocenters. The van der Waals surface area contributed by atoms with Crippen molar-refractivity contribution >= 4 is 33.4 Å². The van der Waals surface area contributed by atoms with Crippen LogP contribution in [0.2, 0.25) is 5.02 Å². The third-order valence-electron chi connectivity index (χ3n) is 5.44. The van der Waals surface area contributed by atoms with Crippen LogP contribution >= 0.6 is 11.6 Å². The Morgan fingerprint density at radius 2 is 1.53 bits per heavy atom. The Morgan fingerprint density at radius 1 is 0.941 bits per heavy atom. The van der Waals surface area contributed by atoms with E-state index in [2.05, 4.69) is 19.2 Å². The van der Waals surface area contributed by atoms with Crippen LogP contribution in [0, 0.1) is 5.92 Å². The molecule has 2 amide bonds. The van der Waals surface area contributed by atoms with Crippen molar-refractivity contribution in [2.75, 3.05) is 19.3 Å². The molecule has 0 aromatic heterocycles. The molecule has 1 N–H and O–H groups in total. The smallest absolute Gasteiger partial charge is 0.242 e. The Kier molecular flexibility index (Phi) is 10.5. The summed E-state index contributed by atoms with van der Waals surface area (Å²) in [5.41, 5.74) is 1.55. The maximum Gasteiger partial charge on any atom is 0.242 e. The number of nitrogens with one attached hydrogen (secondary N) is 1. The van der Waals surface area contributed by atoms with Crippen molar-refractivity contribution in [2.24, 2.45) is 5.92 Å². The number of hydrogen-bond acceptors (Lipinski definition) is 4. The Balaban J connectivity index is 2.24. The minimum Gasteiger partial charge on any atom is -0.354 e. The van der Waals surface area contributed by atoms with Gasteiger partial charge in [0.2, 0.25) is 21.8 Å². The highest BCUT2D eigenvalue weighted by Gasteiger charge is 2.29. The first-order valence-corrected chi connectivity index (χ1v) is 13.5. The fourth-order valence-electron chi connectivity index (χ4n) is 3.32. The van der Waals surface area contributed by atoms with Crippen molar-refractivity contribution in [3.05, 3.63) is 70.7 Å². The molecule has 0 aliphatic heterocycles. The SMILES string of the molecule is CC(C)CCNC(=O)C(C)N(Cc1ccc(Cl)cc1)C(=O)CN(Cc1ccccc1)S(C)(=O)=O. The largest absolute Gasteiger partial charge is 0.354 e. The number of halogens is 1. The van der Waals surface area contributed by atoms with Crippen LogP contribution in [0.3, 0.4) is 0 Å². The number of carbonyl (C=O) groups excluding carboxylic acids is 2. The second kappa shape index (κ2) is 12.9. The van der Waals surface area contributed by atoms with Gasteiger partial charge in [-0.25, -0.2) is 8.42 Å². The Labute approximate surface area is 208 Å². The predicted octanol–water partition coefficient (Wildman–Crippen LogP) is 3.68. The average molecular weight is 508 g/mol. The van der Waals surface area contributed by atoms with E-state index in [1.165, 1.54) is 4.90 Å². The highest BCUT2D eigenvalue weighted by molar-refractivity contribution is 7.88. The van der Waals surface area contributed by atoms with E-state index >= 15 is 0 Å². The summed E-state index contributed by atoms with van der Waals surface area (Å²) >= 11 is 5.98. The van der Waals surface area contributed by atoms with Gasteiger partial charge in [-0.1, -0.05) is 67.9 Å². The topological polar surface area (TPSA) is 86.8 Å². The third kappa shape index (κ3) is 9.08. The zero-order chi connectivity index (χ0) is 25.3. The molecular formula is C25H34ClN3O4S. The molecule has 0 spiro atoms. The molecular weight excluding hydrogens is 474 g/mol. The van der Waals surface area contributed by atoms with Crippen LogP contribution in [0.25, 0.3) is 0 Å². The first-order chi connectivity index (χ1) is 16.0. The molecule has 0 heterocycles. The Hall–Kier alpha value is -2.42.